The number of likely N-dealkylation sites (N-methyl/N-ethyl adjacent to an activating group) is 1. The van der Waals surface area contributed by atoms with E-state index in [1.807, 2.05) is 56.3 Å². The number of benzene rings is 2. The molecule has 166 valence electrons. The Bertz CT molecular complexity index is 1170. The van der Waals surface area contributed by atoms with Crippen molar-refractivity contribution in [1.29, 1.82) is 0 Å². The fourth-order valence-corrected chi connectivity index (χ4v) is 4.33. The molecule has 4 rings (SSSR count). The van der Waals surface area contributed by atoms with Crippen LogP contribution in [0.3, 0.4) is 0 Å². The van der Waals surface area contributed by atoms with E-state index >= 15 is 0 Å². The summed E-state index contributed by atoms with van der Waals surface area (Å²) in [5, 5.41) is 3.68. The zero-order chi connectivity index (χ0) is 22.7. The molecule has 1 aromatic heterocycles. The van der Waals surface area contributed by atoms with E-state index in [-0.39, 0.29) is 12.5 Å². The molecular weight excluding hydrogens is 402 g/mol. The van der Waals surface area contributed by atoms with Crippen LogP contribution in [0, 0.1) is 6.92 Å². The first-order valence-corrected chi connectivity index (χ1v) is 11.2. The third kappa shape index (κ3) is 4.36. The van der Waals surface area contributed by atoms with Crippen molar-refractivity contribution in [2.45, 2.75) is 40.2 Å². The van der Waals surface area contributed by atoms with Crippen molar-refractivity contribution in [3.8, 4) is 0 Å². The van der Waals surface area contributed by atoms with Gasteiger partial charge in [-0.3, -0.25) is 14.7 Å². The van der Waals surface area contributed by atoms with Crippen molar-refractivity contribution in [2.24, 2.45) is 0 Å². The maximum Gasteiger partial charge on any atom is 0.339 e. The minimum absolute atomic E-state index is 0.334. The second kappa shape index (κ2) is 9.49. The number of esters is 1. The van der Waals surface area contributed by atoms with Crippen LogP contribution in [0.5, 0.6) is 0 Å². The van der Waals surface area contributed by atoms with Gasteiger partial charge in [-0.05, 0) is 37.1 Å². The zero-order valence-corrected chi connectivity index (χ0v) is 18.9. The van der Waals surface area contributed by atoms with E-state index in [4.69, 9.17) is 9.72 Å². The number of amides is 1. The first-order chi connectivity index (χ1) is 15.5. The topological polar surface area (TPSA) is 71.5 Å². The number of hydrogen-bond donors (Lipinski definition) is 1. The van der Waals surface area contributed by atoms with Crippen LogP contribution in [0.1, 0.15) is 46.6 Å². The molecule has 2 heterocycles. The van der Waals surface area contributed by atoms with E-state index in [1.165, 1.54) is 0 Å². The van der Waals surface area contributed by atoms with Gasteiger partial charge < -0.3 is 10.1 Å². The summed E-state index contributed by atoms with van der Waals surface area (Å²) in [5.41, 5.74) is 5.99. The van der Waals surface area contributed by atoms with E-state index in [2.05, 4.69) is 17.1 Å². The standard InChI is InChI=1S/C26H29N3O3/c1-4-18-10-8-9-17(3)25(18)28-23(30)16-32-26(31)24-19-11-6-7-12-21(19)27-22-13-14-29(5-2)15-20(22)24/h6-12H,4-5,13-16H2,1-3H3,(H,28,30). The Labute approximate surface area is 188 Å². The molecule has 1 N–H and O–H groups in total. The SMILES string of the molecule is CCc1cccc(C)c1NC(=O)COC(=O)c1c2c(nc3ccccc13)CCN(CC)C2. The Balaban J connectivity index is 1.57. The van der Waals surface area contributed by atoms with Gasteiger partial charge in [-0.25, -0.2) is 4.79 Å². The summed E-state index contributed by atoms with van der Waals surface area (Å²) in [6.07, 6.45) is 1.60. The Morgan fingerprint density at radius 3 is 2.72 bits per heavy atom. The van der Waals surface area contributed by atoms with Crippen LogP contribution >= 0.6 is 0 Å². The number of aryl methyl sites for hydroxylation is 2. The van der Waals surface area contributed by atoms with E-state index < -0.39 is 5.97 Å². The van der Waals surface area contributed by atoms with Crippen molar-refractivity contribution in [1.82, 2.24) is 9.88 Å². The number of fused-ring (bicyclic) bond motifs is 2. The molecule has 32 heavy (non-hydrogen) atoms. The number of carbonyl (C=O) groups is 2. The Kier molecular flexibility index (Phi) is 6.51. The van der Waals surface area contributed by atoms with Crippen molar-refractivity contribution < 1.29 is 14.3 Å². The molecule has 0 unspecified atom stereocenters. The predicted octanol–water partition coefficient (Wildman–Crippen LogP) is 4.28. The lowest BCUT2D eigenvalue weighted by atomic mass is 9.96. The smallest absolute Gasteiger partial charge is 0.339 e. The molecular formula is C26H29N3O3. The minimum Gasteiger partial charge on any atom is -0.452 e. The quantitative estimate of drug-likeness (QED) is 0.590. The summed E-state index contributed by atoms with van der Waals surface area (Å²) < 4.78 is 5.52. The lowest BCUT2D eigenvalue weighted by Crippen LogP contribution is -2.32. The summed E-state index contributed by atoms with van der Waals surface area (Å²) in [6, 6.07) is 13.5. The summed E-state index contributed by atoms with van der Waals surface area (Å²) in [6.45, 7) is 8.25. The van der Waals surface area contributed by atoms with E-state index in [0.717, 1.165) is 64.9 Å². The highest BCUT2D eigenvalue weighted by Crippen LogP contribution is 2.29. The summed E-state index contributed by atoms with van der Waals surface area (Å²) in [7, 11) is 0. The van der Waals surface area contributed by atoms with Gasteiger partial charge in [0.1, 0.15) is 0 Å². The van der Waals surface area contributed by atoms with Crippen LogP contribution in [0.25, 0.3) is 10.9 Å². The van der Waals surface area contributed by atoms with Crippen LogP contribution in [0.4, 0.5) is 5.69 Å². The van der Waals surface area contributed by atoms with Crippen LogP contribution < -0.4 is 5.32 Å². The second-order valence-electron chi connectivity index (χ2n) is 8.13. The van der Waals surface area contributed by atoms with Crippen LogP contribution in [0.2, 0.25) is 0 Å². The number of nitrogens with zero attached hydrogens (tertiary/aromatic N) is 2. The molecule has 0 aliphatic carbocycles. The highest BCUT2D eigenvalue weighted by Gasteiger charge is 2.26. The van der Waals surface area contributed by atoms with Crippen molar-refractivity contribution in [2.75, 3.05) is 25.0 Å². The number of rotatable bonds is 6. The number of aromatic nitrogens is 1. The van der Waals surface area contributed by atoms with Gasteiger partial charge >= 0.3 is 5.97 Å². The molecule has 6 nitrogen and oxygen atoms in total. The monoisotopic (exact) mass is 431 g/mol. The highest BCUT2D eigenvalue weighted by atomic mass is 16.5. The lowest BCUT2D eigenvalue weighted by molar-refractivity contribution is -0.119. The van der Waals surface area contributed by atoms with Crippen LogP contribution in [0.15, 0.2) is 42.5 Å². The van der Waals surface area contributed by atoms with Crippen molar-refractivity contribution in [3.05, 3.63) is 70.4 Å². The van der Waals surface area contributed by atoms with E-state index in [9.17, 15) is 9.59 Å². The fraction of sp³-hybridized carbons (Fsp3) is 0.346. The Morgan fingerprint density at radius 1 is 1.12 bits per heavy atom. The van der Waals surface area contributed by atoms with Gasteiger partial charge in [0, 0.05) is 41.8 Å². The van der Waals surface area contributed by atoms with E-state index in [1.54, 1.807) is 0 Å². The number of hydrogen-bond acceptors (Lipinski definition) is 5. The molecule has 0 bridgehead atoms. The Morgan fingerprint density at radius 2 is 1.94 bits per heavy atom. The molecule has 0 fully saturated rings. The number of nitrogens with one attached hydrogen (secondary N) is 1. The summed E-state index contributed by atoms with van der Waals surface area (Å²) >= 11 is 0. The first-order valence-electron chi connectivity index (χ1n) is 11.2. The van der Waals surface area contributed by atoms with Crippen molar-refractivity contribution in [3.63, 3.8) is 0 Å². The maximum absolute atomic E-state index is 13.2. The molecule has 0 spiro atoms. The predicted molar refractivity (Wildman–Crippen MR) is 126 cm³/mol. The van der Waals surface area contributed by atoms with Gasteiger partial charge in [0.25, 0.3) is 5.91 Å². The maximum atomic E-state index is 13.2. The summed E-state index contributed by atoms with van der Waals surface area (Å²) in [5.74, 6) is -0.821. The minimum atomic E-state index is -0.478. The third-order valence-corrected chi connectivity index (χ3v) is 6.12. The van der Waals surface area contributed by atoms with Gasteiger partial charge in [-0.1, -0.05) is 50.2 Å². The van der Waals surface area contributed by atoms with Gasteiger partial charge in [0.15, 0.2) is 6.61 Å². The number of pyridine rings is 1. The van der Waals surface area contributed by atoms with Gasteiger partial charge in [-0.2, -0.15) is 0 Å². The molecule has 0 radical (unpaired) electrons. The van der Waals surface area contributed by atoms with Crippen LogP contribution in [-0.2, 0) is 28.9 Å². The fourth-order valence-electron chi connectivity index (χ4n) is 4.33. The average molecular weight is 432 g/mol. The first kappa shape index (κ1) is 22.0. The zero-order valence-electron chi connectivity index (χ0n) is 18.9. The van der Waals surface area contributed by atoms with Crippen molar-refractivity contribution >= 4 is 28.5 Å². The number of anilines is 1. The average Bonchev–Trinajstić information content (AvgIpc) is 2.81. The molecule has 6 heteroatoms. The Hall–Kier alpha value is -3.25. The normalized spacial score (nSPS) is 13.6. The molecule has 0 saturated carbocycles. The van der Waals surface area contributed by atoms with Gasteiger partial charge in [0.05, 0.1) is 11.1 Å². The molecule has 1 aliphatic heterocycles. The molecule has 1 aliphatic rings. The molecule has 2 aromatic carbocycles. The van der Waals surface area contributed by atoms with Crippen LogP contribution in [-0.4, -0.2) is 41.5 Å². The molecule has 0 atom stereocenters. The number of ether oxygens (including phenoxy) is 1. The van der Waals surface area contributed by atoms with Gasteiger partial charge in [0.2, 0.25) is 0 Å². The second-order valence-corrected chi connectivity index (χ2v) is 8.13. The lowest BCUT2D eigenvalue weighted by Gasteiger charge is -2.28. The largest absolute Gasteiger partial charge is 0.452 e. The number of para-hydroxylation sites is 2. The van der Waals surface area contributed by atoms with Gasteiger partial charge in [-0.15, -0.1) is 0 Å². The highest BCUT2D eigenvalue weighted by molar-refractivity contribution is 6.06. The summed E-state index contributed by atoms with van der Waals surface area (Å²) in [4.78, 5) is 32.9. The molecule has 0 saturated heterocycles. The third-order valence-electron chi connectivity index (χ3n) is 6.12. The molecule has 1 amide bonds. The van der Waals surface area contributed by atoms with E-state index in [0.29, 0.717) is 12.1 Å². The number of carbonyl (C=O) groups excluding carboxylic acids is 2. The molecule has 3 aromatic rings.